The van der Waals surface area contributed by atoms with E-state index >= 15 is 0 Å². The van der Waals surface area contributed by atoms with Gasteiger partial charge in [0, 0.05) is 54.6 Å². The number of nitrogens with one attached hydrogen (secondary N) is 2. The number of fused-ring (bicyclic) bond motifs is 4. The molecule has 4 unspecified atom stereocenters. The molecule has 0 radical (unpaired) electrons. The molecule has 398 valence electrons. The van der Waals surface area contributed by atoms with Crippen LogP contribution in [-0.2, 0) is 25.5 Å². The van der Waals surface area contributed by atoms with Crippen LogP contribution in [0.5, 0.6) is 23.0 Å². The second-order valence-corrected chi connectivity index (χ2v) is 20.7. The molecule has 0 bridgehead atoms. The molecule has 1 saturated carbocycles. The van der Waals surface area contributed by atoms with Crippen LogP contribution in [0.2, 0.25) is 0 Å². The van der Waals surface area contributed by atoms with Gasteiger partial charge in [0.15, 0.2) is 23.0 Å². The van der Waals surface area contributed by atoms with Crippen molar-refractivity contribution in [2.24, 2.45) is 23.7 Å². The van der Waals surface area contributed by atoms with Crippen molar-refractivity contribution in [3.05, 3.63) is 136 Å². The fourth-order valence-corrected chi connectivity index (χ4v) is 10.5. The fraction of sp³-hybridized carbons (Fsp3) is 0.419. The largest absolute Gasteiger partial charge is 0.493 e. The monoisotopic (exact) mass is 1030 g/mol. The van der Waals surface area contributed by atoms with E-state index in [0.29, 0.717) is 96.5 Å². The SMILES string of the molecule is C=CCOC(=O)CC(=N)C(C(=O)CCCC(C)C(=O)CC(=N)c1ccc(C2=CN3C(=O)c4cc(OC)c(OCCCOc5cc6c(cc5OC)C(=O)N5C=C(C7CC7)CC5C=C=C6)cc4CCC=CC3C2)cc1)C(C)C. The predicted octanol–water partition coefficient (Wildman–Crippen LogP) is 11.1. The molecule has 14 nitrogen and oxygen atoms in total. The third-order valence-electron chi connectivity index (χ3n) is 14.9. The number of ketones is 2. The Hall–Kier alpha value is -7.57. The van der Waals surface area contributed by atoms with E-state index in [1.54, 1.807) is 31.3 Å². The molecule has 5 aliphatic rings. The summed E-state index contributed by atoms with van der Waals surface area (Å²) in [7, 11) is 3.12. The molecule has 2 N–H and O–H groups in total. The number of ether oxygens (including phenoxy) is 5. The van der Waals surface area contributed by atoms with Crippen molar-refractivity contribution >= 4 is 52.4 Å². The van der Waals surface area contributed by atoms with E-state index in [4.69, 9.17) is 34.5 Å². The van der Waals surface area contributed by atoms with Gasteiger partial charge in [-0.2, -0.15) is 0 Å². The number of Topliss-reactive ketones (excluding diaryl/α,β-unsaturated/α-hetero) is 2. The summed E-state index contributed by atoms with van der Waals surface area (Å²) in [4.78, 5) is 70.3. The molecule has 4 aliphatic heterocycles. The van der Waals surface area contributed by atoms with Gasteiger partial charge in [-0.15, -0.1) is 5.73 Å². The lowest BCUT2D eigenvalue weighted by Gasteiger charge is -2.23. The van der Waals surface area contributed by atoms with Crippen LogP contribution in [0.1, 0.15) is 134 Å². The Bertz CT molecular complexity index is 2940. The minimum atomic E-state index is -0.700. The van der Waals surface area contributed by atoms with Crippen molar-refractivity contribution in [1.82, 2.24) is 9.80 Å². The first kappa shape index (κ1) is 54.7. The van der Waals surface area contributed by atoms with Gasteiger partial charge in [0.1, 0.15) is 18.2 Å². The number of benzene rings is 3. The van der Waals surface area contributed by atoms with Gasteiger partial charge in [0.2, 0.25) is 0 Å². The van der Waals surface area contributed by atoms with Crippen LogP contribution in [0.25, 0.3) is 11.6 Å². The fourth-order valence-electron chi connectivity index (χ4n) is 10.5. The normalized spacial score (nSPS) is 18.3. The topological polar surface area (TPSA) is 186 Å². The third kappa shape index (κ3) is 12.9. The second-order valence-electron chi connectivity index (χ2n) is 20.7. The molecular weight excluding hydrogens is 961 g/mol. The molecule has 1 aliphatic carbocycles. The van der Waals surface area contributed by atoms with E-state index in [2.05, 4.69) is 24.5 Å². The predicted molar refractivity (Wildman–Crippen MR) is 292 cm³/mol. The van der Waals surface area contributed by atoms with Crippen molar-refractivity contribution in [3.8, 4) is 23.0 Å². The molecular formula is C62H70N4O10. The number of rotatable bonds is 25. The molecule has 0 saturated heterocycles. The maximum absolute atomic E-state index is 14.4. The number of esters is 1. The summed E-state index contributed by atoms with van der Waals surface area (Å²) in [5, 5.41) is 17.2. The van der Waals surface area contributed by atoms with E-state index in [1.807, 2.05) is 86.6 Å². The summed E-state index contributed by atoms with van der Waals surface area (Å²) < 4.78 is 29.0. The Morgan fingerprint density at radius 2 is 1.50 bits per heavy atom. The van der Waals surface area contributed by atoms with E-state index in [1.165, 1.54) is 24.5 Å². The number of allylic oxidation sites excluding steroid dienone is 1. The smallest absolute Gasteiger partial charge is 0.311 e. The highest BCUT2D eigenvalue weighted by Crippen LogP contribution is 2.44. The number of hydrogen-bond donors (Lipinski definition) is 2. The lowest BCUT2D eigenvalue weighted by Crippen LogP contribution is -2.32. The van der Waals surface area contributed by atoms with Gasteiger partial charge < -0.3 is 44.3 Å². The zero-order valence-electron chi connectivity index (χ0n) is 44.4. The Balaban J connectivity index is 0.838. The maximum atomic E-state index is 14.4. The van der Waals surface area contributed by atoms with Crippen LogP contribution in [0.15, 0.2) is 103 Å². The Morgan fingerprint density at radius 1 is 0.816 bits per heavy atom. The second kappa shape index (κ2) is 24.8. The van der Waals surface area contributed by atoms with Gasteiger partial charge in [-0.1, -0.05) is 69.8 Å². The number of carbonyl (C=O) groups excluding carboxylic acids is 5. The molecule has 0 spiro atoms. The van der Waals surface area contributed by atoms with Gasteiger partial charge in [-0.25, -0.2) is 0 Å². The highest BCUT2D eigenvalue weighted by molar-refractivity contribution is 6.11. The number of nitrogens with zero attached hydrogens (tertiary/aromatic N) is 2. The van der Waals surface area contributed by atoms with Crippen molar-refractivity contribution < 1.29 is 47.7 Å². The summed E-state index contributed by atoms with van der Waals surface area (Å²) in [5.41, 5.74) is 10.0. The average molecular weight is 1030 g/mol. The van der Waals surface area contributed by atoms with Crippen LogP contribution >= 0.6 is 0 Å². The first-order chi connectivity index (χ1) is 36.7. The van der Waals surface area contributed by atoms with Crippen molar-refractivity contribution in [1.29, 1.82) is 10.8 Å². The zero-order valence-corrected chi connectivity index (χ0v) is 44.4. The minimum absolute atomic E-state index is 0.0261. The van der Waals surface area contributed by atoms with E-state index < -0.39 is 11.9 Å². The van der Waals surface area contributed by atoms with Crippen LogP contribution in [0, 0.1) is 34.5 Å². The first-order valence-corrected chi connectivity index (χ1v) is 26.6. The van der Waals surface area contributed by atoms with Gasteiger partial charge >= 0.3 is 5.97 Å². The quantitative estimate of drug-likeness (QED) is 0.0272. The van der Waals surface area contributed by atoms with Crippen LogP contribution in [-0.4, -0.2) is 96.7 Å². The molecule has 4 heterocycles. The third-order valence-corrected chi connectivity index (χ3v) is 14.9. The minimum Gasteiger partial charge on any atom is -0.493 e. The number of amides is 2. The van der Waals surface area contributed by atoms with Crippen molar-refractivity contribution in [2.75, 3.05) is 34.0 Å². The highest BCUT2D eigenvalue weighted by atomic mass is 16.5. The molecule has 76 heavy (non-hydrogen) atoms. The molecule has 4 atom stereocenters. The van der Waals surface area contributed by atoms with E-state index in [9.17, 15) is 24.0 Å². The summed E-state index contributed by atoms with van der Waals surface area (Å²) in [6, 6.07) is 14.6. The maximum Gasteiger partial charge on any atom is 0.311 e. The molecule has 0 aromatic heterocycles. The lowest BCUT2D eigenvalue weighted by atomic mass is 9.83. The number of carbonyl (C=O) groups is 5. The first-order valence-electron chi connectivity index (χ1n) is 26.6. The van der Waals surface area contributed by atoms with Crippen molar-refractivity contribution in [2.45, 2.75) is 110 Å². The van der Waals surface area contributed by atoms with Gasteiger partial charge in [-0.05, 0) is 133 Å². The molecule has 2 amide bonds. The zero-order chi connectivity index (χ0) is 54.0. The summed E-state index contributed by atoms with van der Waals surface area (Å²) >= 11 is 0. The molecule has 3 aromatic rings. The number of aryl methyl sites for hydroxylation is 1. The molecule has 14 heteroatoms. The van der Waals surface area contributed by atoms with Gasteiger partial charge in [0.25, 0.3) is 11.8 Å². The molecule has 8 rings (SSSR count). The molecule has 3 aromatic carbocycles. The summed E-state index contributed by atoms with van der Waals surface area (Å²) in [6.45, 7) is 9.71. The number of hydrogen-bond acceptors (Lipinski definition) is 12. The van der Waals surface area contributed by atoms with E-state index in [-0.39, 0.29) is 84.6 Å². The summed E-state index contributed by atoms with van der Waals surface area (Å²) in [5.74, 6) is 0.335. The van der Waals surface area contributed by atoms with Gasteiger partial charge in [-0.3, -0.25) is 24.0 Å². The van der Waals surface area contributed by atoms with Crippen LogP contribution in [0.3, 0.4) is 0 Å². The van der Waals surface area contributed by atoms with E-state index in [0.717, 1.165) is 29.5 Å². The van der Waals surface area contributed by atoms with Crippen molar-refractivity contribution in [3.63, 3.8) is 0 Å². The Labute approximate surface area is 446 Å². The lowest BCUT2D eigenvalue weighted by molar-refractivity contribution is -0.141. The highest BCUT2D eigenvalue weighted by Gasteiger charge is 2.37. The summed E-state index contributed by atoms with van der Waals surface area (Å²) in [6.07, 6.45) is 19.9. The molecule has 1 fully saturated rings. The number of methoxy groups -OCH3 is 2. The standard InChI is InChI=1S/C62H70N4O10/c1-7-25-76-59(69)35-52(64)60(38(2)3)53(67)18-10-13-39(4)54(68)34-51(63)42-23-21-41(22-24-42)45-28-47-16-9-8-14-43-30-57(55(72-5)32-49(43)61(70)65(47)36-45)74-26-12-27-75-58-31-44-15-11-17-48-29-46(40-19-20-40)37-66(48)62(71)50(44)33-56(58)73-6/h7,9,15-17,21-24,30-33,36-40,47-48,60,63-64H,1,8,10,12-14,18-20,25-29,34-35H2,2-6H3. The Kier molecular flexibility index (Phi) is 17.9. The Morgan fingerprint density at radius 3 is 2.18 bits per heavy atom. The van der Waals surface area contributed by atoms with Crippen LogP contribution in [0.4, 0.5) is 0 Å². The van der Waals surface area contributed by atoms with Gasteiger partial charge in [0.05, 0.1) is 57.4 Å². The average Bonchev–Trinajstić information content (AvgIpc) is 4.04. The van der Waals surface area contributed by atoms with Crippen LogP contribution < -0.4 is 18.9 Å².